The van der Waals surface area contributed by atoms with Gasteiger partial charge in [0, 0.05) is 10.9 Å². The molecule has 0 spiro atoms. The maximum atomic E-state index is 13.0. The van der Waals surface area contributed by atoms with Gasteiger partial charge in [0.1, 0.15) is 11.1 Å². The molecular weight excluding hydrogens is 211 g/mol. The van der Waals surface area contributed by atoms with Crippen molar-refractivity contribution in [3.05, 3.63) is 40.7 Å². The molecular formula is C11H7FN2S. The lowest BCUT2D eigenvalue weighted by Crippen LogP contribution is -1.86. The van der Waals surface area contributed by atoms with Crippen LogP contribution < -0.4 is 0 Å². The molecule has 0 aliphatic rings. The summed E-state index contributed by atoms with van der Waals surface area (Å²) in [5.74, 6) is 0. The number of nitrogens with zero attached hydrogens (tertiary/aromatic N) is 2. The Morgan fingerprint density at radius 3 is 2.73 bits per heavy atom. The molecule has 0 bridgehead atoms. The molecule has 2 aromatic rings. The lowest BCUT2D eigenvalue weighted by Gasteiger charge is -1.94. The lowest BCUT2D eigenvalue weighted by atomic mass is 10.2. The summed E-state index contributed by atoms with van der Waals surface area (Å²) in [5.41, 5.74) is 1.65. The molecule has 4 heteroatoms. The Labute approximate surface area is 90.6 Å². The van der Waals surface area contributed by atoms with E-state index in [1.165, 1.54) is 17.4 Å². The second-order valence-corrected chi connectivity index (χ2v) is 3.82. The third-order valence-corrected chi connectivity index (χ3v) is 2.80. The highest BCUT2D eigenvalue weighted by atomic mass is 32.1. The van der Waals surface area contributed by atoms with E-state index < -0.39 is 6.17 Å². The van der Waals surface area contributed by atoms with Crippen LogP contribution >= 0.6 is 11.3 Å². The van der Waals surface area contributed by atoms with E-state index in [0.717, 1.165) is 5.56 Å². The van der Waals surface area contributed by atoms with Gasteiger partial charge in [-0.3, -0.25) is 0 Å². The summed E-state index contributed by atoms with van der Waals surface area (Å²) in [4.78, 5) is 4.07. The SMILES string of the molecule is N#CC(F)c1nc(-c2ccccc2)cs1. The van der Waals surface area contributed by atoms with Gasteiger partial charge in [-0.05, 0) is 0 Å². The van der Waals surface area contributed by atoms with Crippen molar-refractivity contribution in [1.29, 1.82) is 5.26 Å². The third-order valence-electron chi connectivity index (χ3n) is 1.92. The predicted molar refractivity (Wildman–Crippen MR) is 57.0 cm³/mol. The number of rotatable bonds is 2. The Morgan fingerprint density at radius 1 is 1.33 bits per heavy atom. The summed E-state index contributed by atoms with van der Waals surface area (Å²) in [6.45, 7) is 0. The van der Waals surface area contributed by atoms with Crippen LogP contribution in [0.25, 0.3) is 11.3 Å². The zero-order valence-electron chi connectivity index (χ0n) is 7.72. The van der Waals surface area contributed by atoms with Crippen molar-refractivity contribution >= 4 is 11.3 Å². The van der Waals surface area contributed by atoms with Gasteiger partial charge in [-0.2, -0.15) is 5.26 Å². The molecule has 1 heterocycles. The van der Waals surface area contributed by atoms with Crippen LogP contribution in [0.5, 0.6) is 0 Å². The van der Waals surface area contributed by atoms with E-state index in [1.54, 1.807) is 5.38 Å². The standard InChI is InChI=1S/C11H7FN2S/c12-9(6-13)11-14-10(7-15-11)8-4-2-1-3-5-8/h1-5,7,9H. The van der Waals surface area contributed by atoms with Crippen molar-refractivity contribution in [3.8, 4) is 17.3 Å². The van der Waals surface area contributed by atoms with Crippen LogP contribution in [0.4, 0.5) is 4.39 Å². The Bertz CT molecular complexity index is 487. The van der Waals surface area contributed by atoms with E-state index in [1.807, 2.05) is 30.3 Å². The molecule has 1 aromatic carbocycles. The Hall–Kier alpha value is -1.73. The number of halogens is 1. The van der Waals surface area contributed by atoms with Gasteiger partial charge in [0.05, 0.1) is 5.69 Å². The summed E-state index contributed by atoms with van der Waals surface area (Å²) in [5, 5.41) is 10.4. The van der Waals surface area contributed by atoms with Crippen molar-refractivity contribution < 1.29 is 4.39 Å². The zero-order chi connectivity index (χ0) is 10.7. The molecule has 0 amide bonds. The maximum Gasteiger partial charge on any atom is 0.237 e. The molecule has 2 rings (SSSR count). The van der Waals surface area contributed by atoms with Crippen molar-refractivity contribution in [2.24, 2.45) is 0 Å². The first-order valence-electron chi connectivity index (χ1n) is 4.36. The van der Waals surface area contributed by atoms with Gasteiger partial charge in [0.25, 0.3) is 0 Å². The summed E-state index contributed by atoms with van der Waals surface area (Å²) >= 11 is 1.17. The minimum atomic E-state index is -1.62. The molecule has 0 radical (unpaired) electrons. The molecule has 0 saturated heterocycles. The molecule has 74 valence electrons. The van der Waals surface area contributed by atoms with Gasteiger partial charge in [-0.15, -0.1) is 11.3 Å². The van der Waals surface area contributed by atoms with Crippen molar-refractivity contribution in [3.63, 3.8) is 0 Å². The fourth-order valence-electron chi connectivity index (χ4n) is 1.20. The second-order valence-electron chi connectivity index (χ2n) is 2.93. The molecule has 1 atom stereocenters. The highest BCUT2D eigenvalue weighted by Gasteiger charge is 2.13. The topological polar surface area (TPSA) is 36.7 Å². The van der Waals surface area contributed by atoms with Crippen LogP contribution in [-0.2, 0) is 0 Å². The van der Waals surface area contributed by atoms with Gasteiger partial charge >= 0.3 is 0 Å². The third kappa shape index (κ3) is 2.03. The van der Waals surface area contributed by atoms with Gasteiger partial charge in [0.15, 0.2) is 0 Å². The summed E-state index contributed by atoms with van der Waals surface area (Å²) in [6.07, 6.45) is -1.62. The first-order chi connectivity index (χ1) is 7.31. The number of thiazole rings is 1. The van der Waals surface area contributed by atoms with Gasteiger partial charge in [-0.25, -0.2) is 9.37 Å². The number of hydrogen-bond acceptors (Lipinski definition) is 3. The van der Waals surface area contributed by atoms with Gasteiger partial charge in [0.2, 0.25) is 6.17 Å². The van der Waals surface area contributed by atoms with Crippen LogP contribution in [-0.4, -0.2) is 4.98 Å². The molecule has 2 nitrogen and oxygen atoms in total. The van der Waals surface area contributed by atoms with Crippen LogP contribution in [0.3, 0.4) is 0 Å². The quantitative estimate of drug-likeness (QED) is 0.775. The average Bonchev–Trinajstić information content (AvgIpc) is 2.78. The molecule has 0 aliphatic carbocycles. The van der Waals surface area contributed by atoms with Gasteiger partial charge in [-0.1, -0.05) is 30.3 Å². The Morgan fingerprint density at radius 2 is 2.07 bits per heavy atom. The molecule has 0 saturated carbocycles. The van der Waals surface area contributed by atoms with Crippen molar-refractivity contribution in [1.82, 2.24) is 4.98 Å². The highest BCUT2D eigenvalue weighted by molar-refractivity contribution is 7.10. The van der Waals surface area contributed by atoms with Crippen LogP contribution in [0.15, 0.2) is 35.7 Å². The molecule has 0 N–H and O–H groups in total. The summed E-state index contributed by atoms with van der Waals surface area (Å²) in [6, 6.07) is 11.0. The van der Waals surface area contributed by atoms with E-state index in [9.17, 15) is 4.39 Å². The monoisotopic (exact) mass is 218 g/mol. The fourth-order valence-corrected chi connectivity index (χ4v) is 1.95. The van der Waals surface area contributed by atoms with E-state index >= 15 is 0 Å². The number of nitriles is 1. The fraction of sp³-hybridized carbons (Fsp3) is 0.0909. The highest BCUT2D eigenvalue weighted by Crippen LogP contribution is 2.26. The first kappa shape index (κ1) is 9.81. The number of benzene rings is 1. The predicted octanol–water partition coefficient (Wildman–Crippen LogP) is 3.34. The molecule has 1 aromatic heterocycles. The van der Waals surface area contributed by atoms with Crippen LogP contribution in [0, 0.1) is 11.3 Å². The number of hydrogen-bond donors (Lipinski definition) is 0. The van der Waals surface area contributed by atoms with E-state index in [4.69, 9.17) is 5.26 Å². The Balaban J connectivity index is 2.33. The largest absolute Gasteiger partial charge is 0.237 e. The van der Waals surface area contributed by atoms with E-state index in [-0.39, 0.29) is 5.01 Å². The van der Waals surface area contributed by atoms with Crippen molar-refractivity contribution in [2.45, 2.75) is 6.17 Å². The number of alkyl halides is 1. The average molecular weight is 218 g/mol. The van der Waals surface area contributed by atoms with Gasteiger partial charge < -0.3 is 0 Å². The first-order valence-corrected chi connectivity index (χ1v) is 5.24. The second kappa shape index (κ2) is 4.20. The Kier molecular flexibility index (Phi) is 2.75. The zero-order valence-corrected chi connectivity index (χ0v) is 8.54. The van der Waals surface area contributed by atoms with E-state index in [0.29, 0.717) is 5.69 Å². The minimum Gasteiger partial charge on any atom is -0.237 e. The smallest absolute Gasteiger partial charge is 0.237 e. The van der Waals surface area contributed by atoms with Crippen LogP contribution in [0.2, 0.25) is 0 Å². The molecule has 0 fully saturated rings. The molecule has 15 heavy (non-hydrogen) atoms. The van der Waals surface area contributed by atoms with E-state index in [2.05, 4.69) is 4.98 Å². The molecule has 1 unspecified atom stereocenters. The summed E-state index contributed by atoms with van der Waals surface area (Å²) in [7, 11) is 0. The van der Waals surface area contributed by atoms with Crippen LogP contribution in [0.1, 0.15) is 11.2 Å². The molecule has 0 aliphatic heterocycles. The van der Waals surface area contributed by atoms with Crippen molar-refractivity contribution in [2.75, 3.05) is 0 Å². The minimum absolute atomic E-state index is 0.219. The lowest BCUT2D eigenvalue weighted by molar-refractivity contribution is 0.422. The normalized spacial score (nSPS) is 12.0. The number of aromatic nitrogens is 1. The maximum absolute atomic E-state index is 13.0. The summed E-state index contributed by atoms with van der Waals surface area (Å²) < 4.78 is 13.0.